The van der Waals surface area contributed by atoms with Gasteiger partial charge in [0.25, 0.3) is 5.91 Å². The van der Waals surface area contributed by atoms with Crippen LogP contribution >= 0.6 is 23.2 Å². The third-order valence-corrected chi connectivity index (χ3v) is 5.16. The van der Waals surface area contributed by atoms with E-state index in [1.165, 1.54) is 6.26 Å². The van der Waals surface area contributed by atoms with Crippen molar-refractivity contribution in [3.63, 3.8) is 0 Å². The molecule has 6 nitrogen and oxygen atoms in total. The summed E-state index contributed by atoms with van der Waals surface area (Å²) >= 11 is 11.8. The number of carbonyl (C=O) groups excluding carboxylic acids is 2. The molecule has 2 aromatic carbocycles. The van der Waals surface area contributed by atoms with E-state index in [0.29, 0.717) is 27.2 Å². The second-order valence-electron chi connectivity index (χ2n) is 6.60. The van der Waals surface area contributed by atoms with E-state index in [1.54, 1.807) is 55.5 Å². The first-order chi connectivity index (χ1) is 13.4. The summed E-state index contributed by atoms with van der Waals surface area (Å²) in [5.41, 5.74) is 0.706. The lowest BCUT2D eigenvalue weighted by atomic mass is 9.92. The number of rotatable bonds is 4. The number of nitrogens with one attached hydrogen (secondary N) is 1. The first kappa shape index (κ1) is 18.5. The van der Waals surface area contributed by atoms with Gasteiger partial charge in [0.05, 0.1) is 12.2 Å². The molecule has 1 aliphatic rings. The summed E-state index contributed by atoms with van der Waals surface area (Å²) < 4.78 is 5.48. The monoisotopic (exact) mass is 415 g/mol. The van der Waals surface area contributed by atoms with E-state index in [4.69, 9.17) is 27.6 Å². The summed E-state index contributed by atoms with van der Waals surface area (Å²) in [4.78, 5) is 30.9. The van der Waals surface area contributed by atoms with Gasteiger partial charge in [-0.3, -0.25) is 9.69 Å². The number of hydrogen-bond acceptors (Lipinski definition) is 4. The molecule has 3 aromatic rings. The lowest BCUT2D eigenvalue weighted by Gasteiger charge is -2.22. The number of hydrogen-bond donors (Lipinski definition) is 1. The first-order valence-corrected chi connectivity index (χ1v) is 9.23. The zero-order valence-electron chi connectivity index (χ0n) is 14.8. The summed E-state index contributed by atoms with van der Waals surface area (Å²) in [5, 5.41) is 3.91. The number of urea groups is 1. The molecule has 1 fully saturated rings. The van der Waals surface area contributed by atoms with Crippen LogP contribution in [0.5, 0.6) is 0 Å². The van der Waals surface area contributed by atoms with Crippen molar-refractivity contribution in [2.24, 2.45) is 0 Å². The number of halogens is 2. The summed E-state index contributed by atoms with van der Waals surface area (Å²) in [6.07, 6.45) is 1.43. The molecule has 1 aliphatic heterocycles. The van der Waals surface area contributed by atoms with E-state index in [1.807, 2.05) is 0 Å². The maximum Gasteiger partial charge on any atom is 0.325 e. The average Bonchev–Trinajstić information content (AvgIpc) is 3.22. The van der Waals surface area contributed by atoms with Gasteiger partial charge >= 0.3 is 6.03 Å². The van der Waals surface area contributed by atoms with E-state index >= 15 is 0 Å². The van der Waals surface area contributed by atoms with Crippen LogP contribution in [0.4, 0.5) is 4.79 Å². The minimum absolute atomic E-state index is 0.00490. The van der Waals surface area contributed by atoms with Crippen LogP contribution in [0.25, 0.3) is 11.5 Å². The molecule has 8 heteroatoms. The van der Waals surface area contributed by atoms with Crippen LogP contribution in [-0.2, 0) is 16.9 Å². The van der Waals surface area contributed by atoms with Gasteiger partial charge in [-0.15, -0.1) is 0 Å². The summed E-state index contributed by atoms with van der Waals surface area (Å²) in [7, 11) is 0. The van der Waals surface area contributed by atoms with Crippen LogP contribution in [0.2, 0.25) is 10.0 Å². The lowest BCUT2D eigenvalue weighted by Crippen LogP contribution is -2.40. The Labute approximate surface area is 171 Å². The Morgan fingerprint density at radius 2 is 1.64 bits per heavy atom. The van der Waals surface area contributed by atoms with Crippen molar-refractivity contribution in [1.29, 1.82) is 0 Å². The molecule has 1 N–H and O–H groups in total. The van der Waals surface area contributed by atoms with Gasteiger partial charge in [-0.1, -0.05) is 35.3 Å². The normalized spacial score (nSPS) is 19.2. The molecule has 28 heavy (non-hydrogen) atoms. The second-order valence-corrected chi connectivity index (χ2v) is 7.48. The largest absolute Gasteiger partial charge is 0.444 e. The van der Waals surface area contributed by atoms with Gasteiger partial charge in [0, 0.05) is 15.6 Å². The van der Waals surface area contributed by atoms with Gasteiger partial charge in [-0.25, -0.2) is 9.78 Å². The Bertz CT molecular complexity index is 1050. The Morgan fingerprint density at radius 1 is 1.04 bits per heavy atom. The van der Waals surface area contributed by atoms with Crippen LogP contribution in [0.3, 0.4) is 0 Å². The van der Waals surface area contributed by atoms with E-state index in [-0.39, 0.29) is 12.5 Å². The van der Waals surface area contributed by atoms with Crippen LogP contribution in [0, 0.1) is 0 Å². The van der Waals surface area contributed by atoms with Crippen LogP contribution in [-0.4, -0.2) is 21.8 Å². The lowest BCUT2D eigenvalue weighted by molar-refractivity contribution is -0.131. The highest BCUT2D eigenvalue weighted by atomic mass is 35.5. The first-order valence-electron chi connectivity index (χ1n) is 8.47. The third-order valence-electron chi connectivity index (χ3n) is 4.66. The molecule has 2 heterocycles. The zero-order chi connectivity index (χ0) is 19.9. The highest BCUT2D eigenvalue weighted by Crippen LogP contribution is 2.31. The molecule has 0 radical (unpaired) electrons. The Kier molecular flexibility index (Phi) is 4.61. The number of amides is 3. The van der Waals surface area contributed by atoms with Crippen molar-refractivity contribution in [1.82, 2.24) is 15.2 Å². The van der Waals surface area contributed by atoms with Gasteiger partial charge in [0.15, 0.2) is 0 Å². The predicted octanol–water partition coefficient (Wildman–Crippen LogP) is 4.62. The molecular formula is C20H15Cl2N3O3. The maximum atomic E-state index is 13.0. The fourth-order valence-electron chi connectivity index (χ4n) is 3.09. The minimum atomic E-state index is -1.16. The predicted molar refractivity (Wildman–Crippen MR) is 105 cm³/mol. The zero-order valence-corrected chi connectivity index (χ0v) is 16.3. The standard InChI is InChI=1S/C20H15Cl2N3O3/c1-20(13-4-8-15(22)9-5-13)18(26)25(19(27)24-20)10-16-11-28-17(23-16)12-2-6-14(21)7-3-12/h2-9,11H,10H2,1H3,(H,24,27). The summed E-state index contributed by atoms with van der Waals surface area (Å²) in [6.45, 7) is 1.67. The highest BCUT2D eigenvalue weighted by molar-refractivity contribution is 6.30. The number of aromatic nitrogens is 1. The van der Waals surface area contributed by atoms with Gasteiger partial charge < -0.3 is 9.73 Å². The SMILES string of the molecule is CC1(c2ccc(Cl)cc2)NC(=O)N(Cc2coc(-c3ccc(Cl)cc3)n2)C1=O. The number of carbonyl (C=O) groups is 2. The topological polar surface area (TPSA) is 75.4 Å². The molecule has 1 saturated heterocycles. The van der Waals surface area contributed by atoms with Crippen molar-refractivity contribution < 1.29 is 14.0 Å². The Hall–Kier alpha value is -2.83. The molecule has 3 amide bonds. The van der Waals surface area contributed by atoms with Crippen molar-refractivity contribution in [2.45, 2.75) is 19.0 Å². The Morgan fingerprint density at radius 3 is 2.29 bits per heavy atom. The number of oxazole rings is 1. The van der Waals surface area contributed by atoms with Crippen molar-refractivity contribution in [2.75, 3.05) is 0 Å². The third kappa shape index (κ3) is 3.25. The summed E-state index contributed by atoms with van der Waals surface area (Å²) in [5.74, 6) is 0.0232. The van der Waals surface area contributed by atoms with Gasteiger partial charge in [-0.05, 0) is 48.9 Å². The molecular weight excluding hydrogens is 401 g/mol. The van der Waals surface area contributed by atoms with Gasteiger partial charge in [-0.2, -0.15) is 0 Å². The quantitative estimate of drug-likeness (QED) is 0.630. The maximum absolute atomic E-state index is 13.0. The summed E-state index contributed by atoms with van der Waals surface area (Å²) in [6, 6.07) is 13.3. The molecule has 1 aromatic heterocycles. The van der Waals surface area contributed by atoms with Crippen LogP contribution in [0.1, 0.15) is 18.2 Å². The van der Waals surface area contributed by atoms with Crippen molar-refractivity contribution >= 4 is 35.1 Å². The molecule has 4 rings (SSSR count). The smallest absolute Gasteiger partial charge is 0.325 e. The number of nitrogens with zero attached hydrogens (tertiary/aromatic N) is 2. The van der Waals surface area contributed by atoms with Crippen molar-refractivity contribution in [3.05, 3.63) is 76.1 Å². The van der Waals surface area contributed by atoms with E-state index < -0.39 is 11.6 Å². The highest BCUT2D eigenvalue weighted by Gasteiger charge is 2.49. The number of benzene rings is 2. The van der Waals surface area contributed by atoms with Crippen molar-refractivity contribution in [3.8, 4) is 11.5 Å². The van der Waals surface area contributed by atoms with E-state index in [9.17, 15) is 9.59 Å². The molecule has 1 unspecified atom stereocenters. The van der Waals surface area contributed by atoms with E-state index in [2.05, 4.69) is 10.3 Å². The minimum Gasteiger partial charge on any atom is -0.444 e. The van der Waals surface area contributed by atoms with E-state index in [0.717, 1.165) is 10.5 Å². The molecule has 0 spiro atoms. The fraction of sp³-hybridized carbons (Fsp3) is 0.150. The molecule has 142 valence electrons. The number of imide groups is 1. The molecule has 0 saturated carbocycles. The van der Waals surface area contributed by atoms with Crippen LogP contribution < -0.4 is 5.32 Å². The van der Waals surface area contributed by atoms with Gasteiger partial charge in [0.1, 0.15) is 11.8 Å². The molecule has 0 aliphatic carbocycles. The Balaban J connectivity index is 1.55. The average molecular weight is 416 g/mol. The van der Waals surface area contributed by atoms with Gasteiger partial charge in [0.2, 0.25) is 5.89 Å². The fourth-order valence-corrected chi connectivity index (χ4v) is 3.34. The molecule has 1 atom stereocenters. The van der Waals surface area contributed by atoms with Crippen LogP contribution in [0.15, 0.2) is 59.2 Å². The molecule has 0 bridgehead atoms. The second kappa shape index (κ2) is 6.96.